The Labute approximate surface area is 119 Å². The highest BCUT2D eigenvalue weighted by atomic mass is 16.5. The van der Waals surface area contributed by atoms with Gasteiger partial charge in [-0.15, -0.1) is 0 Å². The minimum Gasteiger partial charge on any atom is -0.492 e. The molecular formula is C16H22N2O2. The number of hydrogen-bond acceptors (Lipinski definition) is 3. The lowest BCUT2D eigenvalue weighted by molar-refractivity contribution is -0.124. The zero-order valence-electron chi connectivity index (χ0n) is 11.7. The standard InChI is InChI=1S/C16H22N2O2/c19-16(18-12-6-2-1-3-7-12)15-13-8-4-5-9-14(13)20-11-10-17-15/h4-5,8-9,12,15,17H,1-3,6-7,10-11H2,(H,18,19). The Kier molecular flexibility index (Phi) is 4.21. The summed E-state index contributed by atoms with van der Waals surface area (Å²) in [5.41, 5.74) is 0.943. The Morgan fingerprint density at radius 1 is 1.20 bits per heavy atom. The van der Waals surface area contributed by atoms with E-state index >= 15 is 0 Å². The maximum absolute atomic E-state index is 12.6. The molecule has 1 amide bonds. The first-order valence-corrected chi connectivity index (χ1v) is 7.60. The minimum atomic E-state index is -0.296. The number of fused-ring (bicyclic) bond motifs is 1. The Bertz CT molecular complexity index is 469. The van der Waals surface area contributed by atoms with Gasteiger partial charge in [0.1, 0.15) is 18.4 Å². The van der Waals surface area contributed by atoms with E-state index < -0.39 is 0 Å². The van der Waals surface area contributed by atoms with E-state index in [-0.39, 0.29) is 11.9 Å². The van der Waals surface area contributed by atoms with Crippen LogP contribution in [0.15, 0.2) is 24.3 Å². The van der Waals surface area contributed by atoms with Crippen LogP contribution in [0.3, 0.4) is 0 Å². The van der Waals surface area contributed by atoms with Gasteiger partial charge in [0.2, 0.25) is 5.91 Å². The van der Waals surface area contributed by atoms with Gasteiger partial charge < -0.3 is 10.1 Å². The van der Waals surface area contributed by atoms with Gasteiger partial charge in [-0.3, -0.25) is 10.1 Å². The topological polar surface area (TPSA) is 50.4 Å². The maximum atomic E-state index is 12.6. The lowest BCUT2D eigenvalue weighted by Crippen LogP contribution is -2.43. The normalized spacial score (nSPS) is 23.3. The summed E-state index contributed by atoms with van der Waals surface area (Å²) in [6.07, 6.45) is 5.96. The molecule has 1 aromatic rings. The molecule has 1 heterocycles. The SMILES string of the molecule is O=C(NC1CCCCC1)C1NCCOc2ccccc21. The summed E-state index contributed by atoms with van der Waals surface area (Å²) in [4.78, 5) is 12.6. The third kappa shape index (κ3) is 2.96. The second kappa shape index (κ2) is 6.27. The Morgan fingerprint density at radius 2 is 2.00 bits per heavy atom. The van der Waals surface area contributed by atoms with Gasteiger partial charge >= 0.3 is 0 Å². The smallest absolute Gasteiger partial charge is 0.242 e. The van der Waals surface area contributed by atoms with Crippen LogP contribution in [0.5, 0.6) is 5.75 Å². The van der Waals surface area contributed by atoms with Crippen LogP contribution in [-0.2, 0) is 4.79 Å². The number of carbonyl (C=O) groups is 1. The molecule has 2 N–H and O–H groups in total. The molecular weight excluding hydrogens is 252 g/mol. The highest BCUT2D eigenvalue weighted by Gasteiger charge is 2.27. The third-order valence-electron chi connectivity index (χ3n) is 4.15. The van der Waals surface area contributed by atoms with E-state index in [2.05, 4.69) is 10.6 Å². The summed E-state index contributed by atoms with van der Waals surface area (Å²) in [7, 11) is 0. The number of nitrogens with one attached hydrogen (secondary N) is 2. The Morgan fingerprint density at radius 3 is 2.85 bits per heavy atom. The molecule has 0 spiro atoms. The molecule has 1 aliphatic heterocycles. The first-order valence-electron chi connectivity index (χ1n) is 7.60. The summed E-state index contributed by atoms with van der Waals surface area (Å²) in [5, 5.41) is 6.49. The molecule has 3 rings (SSSR count). The average molecular weight is 274 g/mol. The van der Waals surface area contributed by atoms with E-state index in [9.17, 15) is 4.79 Å². The summed E-state index contributed by atoms with van der Waals surface area (Å²) >= 11 is 0. The number of amides is 1. The number of carbonyl (C=O) groups excluding carboxylic acids is 1. The van der Waals surface area contributed by atoms with E-state index in [1.54, 1.807) is 0 Å². The Balaban J connectivity index is 1.73. The van der Waals surface area contributed by atoms with E-state index in [0.717, 1.165) is 24.2 Å². The van der Waals surface area contributed by atoms with Gasteiger partial charge in [-0.25, -0.2) is 0 Å². The van der Waals surface area contributed by atoms with Gasteiger partial charge in [0.05, 0.1) is 0 Å². The zero-order valence-corrected chi connectivity index (χ0v) is 11.7. The number of hydrogen-bond donors (Lipinski definition) is 2. The van der Waals surface area contributed by atoms with Crippen LogP contribution in [0.25, 0.3) is 0 Å². The molecule has 1 fully saturated rings. The molecule has 108 valence electrons. The molecule has 4 heteroatoms. The molecule has 2 aliphatic rings. The van der Waals surface area contributed by atoms with E-state index in [1.165, 1.54) is 19.3 Å². The van der Waals surface area contributed by atoms with Crippen molar-refractivity contribution in [3.05, 3.63) is 29.8 Å². The van der Waals surface area contributed by atoms with Crippen molar-refractivity contribution in [2.24, 2.45) is 0 Å². The molecule has 0 bridgehead atoms. The number of benzene rings is 1. The molecule has 0 radical (unpaired) electrons. The van der Waals surface area contributed by atoms with Crippen molar-refractivity contribution in [2.75, 3.05) is 13.2 Å². The van der Waals surface area contributed by atoms with Crippen molar-refractivity contribution in [3.63, 3.8) is 0 Å². The Hall–Kier alpha value is -1.55. The van der Waals surface area contributed by atoms with Crippen LogP contribution in [-0.4, -0.2) is 25.1 Å². The quantitative estimate of drug-likeness (QED) is 0.869. The van der Waals surface area contributed by atoms with Gasteiger partial charge in [-0.1, -0.05) is 37.5 Å². The first kappa shape index (κ1) is 13.4. The maximum Gasteiger partial charge on any atom is 0.242 e. The lowest BCUT2D eigenvalue weighted by atomic mass is 9.95. The summed E-state index contributed by atoms with van der Waals surface area (Å²) in [6.45, 7) is 1.29. The minimum absolute atomic E-state index is 0.0786. The van der Waals surface area contributed by atoms with Crippen LogP contribution < -0.4 is 15.4 Å². The van der Waals surface area contributed by atoms with Crippen LogP contribution in [0.2, 0.25) is 0 Å². The predicted octanol–water partition coefficient (Wildman–Crippen LogP) is 2.16. The highest BCUT2D eigenvalue weighted by Crippen LogP contribution is 2.27. The molecule has 1 unspecified atom stereocenters. The van der Waals surface area contributed by atoms with Crippen molar-refractivity contribution in [1.82, 2.24) is 10.6 Å². The van der Waals surface area contributed by atoms with E-state index in [1.807, 2.05) is 24.3 Å². The predicted molar refractivity (Wildman–Crippen MR) is 77.7 cm³/mol. The zero-order chi connectivity index (χ0) is 13.8. The monoisotopic (exact) mass is 274 g/mol. The molecule has 1 aromatic carbocycles. The summed E-state index contributed by atoms with van der Waals surface area (Å²) in [5.74, 6) is 0.899. The van der Waals surface area contributed by atoms with Crippen LogP contribution >= 0.6 is 0 Å². The molecule has 4 nitrogen and oxygen atoms in total. The van der Waals surface area contributed by atoms with Gasteiger partial charge in [0, 0.05) is 18.2 Å². The number of para-hydroxylation sites is 1. The second-order valence-electron chi connectivity index (χ2n) is 5.62. The van der Waals surface area contributed by atoms with Crippen molar-refractivity contribution >= 4 is 5.91 Å². The summed E-state index contributed by atoms with van der Waals surface area (Å²) in [6, 6.07) is 7.85. The van der Waals surface area contributed by atoms with Crippen molar-refractivity contribution < 1.29 is 9.53 Å². The highest BCUT2D eigenvalue weighted by molar-refractivity contribution is 5.84. The number of ether oxygens (including phenoxy) is 1. The van der Waals surface area contributed by atoms with Crippen LogP contribution in [0.4, 0.5) is 0 Å². The molecule has 1 saturated carbocycles. The van der Waals surface area contributed by atoms with Crippen molar-refractivity contribution in [1.29, 1.82) is 0 Å². The van der Waals surface area contributed by atoms with Gasteiger partial charge in [0.25, 0.3) is 0 Å². The molecule has 1 aliphatic carbocycles. The van der Waals surface area contributed by atoms with Crippen molar-refractivity contribution in [3.8, 4) is 5.75 Å². The van der Waals surface area contributed by atoms with E-state index in [4.69, 9.17) is 4.74 Å². The first-order chi connectivity index (χ1) is 9.84. The molecule has 20 heavy (non-hydrogen) atoms. The summed E-state index contributed by atoms with van der Waals surface area (Å²) < 4.78 is 5.68. The fraction of sp³-hybridized carbons (Fsp3) is 0.562. The second-order valence-corrected chi connectivity index (χ2v) is 5.62. The molecule has 1 atom stereocenters. The number of rotatable bonds is 2. The molecule has 0 saturated heterocycles. The third-order valence-corrected chi connectivity index (χ3v) is 4.15. The molecule has 0 aromatic heterocycles. The van der Waals surface area contributed by atoms with Crippen molar-refractivity contribution in [2.45, 2.75) is 44.2 Å². The van der Waals surface area contributed by atoms with Gasteiger partial charge in [0.15, 0.2) is 0 Å². The van der Waals surface area contributed by atoms with E-state index in [0.29, 0.717) is 19.2 Å². The van der Waals surface area contributed by atoms with Gasteiger partial charge in [-0.2, -0.15) is 0 Å². The average Bonchev–Trinajstić information content (AvgIpc) is 2.70. The largest absolute Gasteiger partial charge is 0.492 e. The van der Waals surface area contributed by atoms with Gasteiger partial charge in [-0.05, 0) is 18.9 Å². The van der Waals surface area contributed by atoms with Crippen LogP contribution in [0.1, 0.15) is 43.7 Å². The fourth-order valence-electron chi connectivity index (χ4n) is 3.09. The lowest BCUT2D eigenvalue weighted by Gasteiger charge is -2.25. The van der Waals surface area contributed by atoms with Crippen LogP contribution in [0, 0.1) is 0 Å². The fourth-order valence-corrected chi connectivity index (χ4v) is 3.09.